The van der Waals surface area contributed by atoms with Crippen LogP contribution in [0.2, 0.25) is 0 Å². The van der Waals surface area contributed by atoms with Gasteiger partial charge in [0.15, 0.2) is 11.9 Å². The molecule has 0 aliphatic carbocycles. The number of aromatic amines is 1. The van der Waals surface area contributed by atoms with Gasteiger partial charge in [-0.3, -0.25) is 5.10 Å². The van der Waals surface area contributed by atoms with E-state index in [-0.39, 0.29) is 11.3 Å². The first-order chi connectivity index (χ1) is 19.7. The van der Waals surface area contributed by atoms with Gasteiger partial charge < -0.3 is 24.8 Å². The van der Waals surface area contributed by atoms with Gasteiger partial charge in [-0.2, -0.15) is 18.3 Å². The number of urea groups is 1. The molecular weight excluding hydrogens is 546 g/mol. The topological polar surface area (TPSA) is 110 Å². The highest BCUT2D eigenvalue weighted by Gasteiger charge is 2.35. The molecule has 9 nitrogen and oxygen atoms in total. The second-order valence-electron chi connectivity index (χ2n) is 8.59. The van der Waals surface area contributed by atoms with Gasteiger partial charge in [-0.05, 0) is 66.7 Å². The Hall–Kier alpha value is -5.17. The minimum absolute atomic E-state index is 0.0214. The number of methoxy groups -OCH3 is 1. The van der Waals surface area contributed by atoms with Gasteiger partial charge in [0.2, 0.25) is 0 Å². The number of nitrogens with zero attached hydrogens (tertiary/aromatic N) is 2. The van der Waals surface area contributed by atoms with E-state index in [1.807, 2.05) is 0 Å². The van der Waals surface area contributed by atoms with Gasteiger partial charge in [-0.1, -0.05) is 6.07 Å². The molecule has 0 spiro atoms. The largest absolute Gasteiger partial charge is 0.457 e. The van der Waals surface area contributed by atoms with E-state index in [9.17, 15) is 22.4 Å². The van der Waals surface area contributed by atoms with Crippen LogP contribution in [0.1, 0.15) is 17.4 Å². The molecule has 1 atom stereocenters. The lowest BCUT2D eigenvalue weighted by atomic mass is 10.1. The number of ether oxygens (including phenoxy) is 3. The Labute approximate surface area is 230 Å². The number of aromatic nitrogens is 3. The van der Waals surface area contributed by atoms with Gasteiger partial charge >= 0.3 is 12.2 Å². The van der Waals surface area contributed by atoms with Crippen LogP contribution < -0.4 is 20.1 Å². The molecule has 0 aliphatic rings. The number of anilines is 1. The number of benzene rings is 3. The molecule has 2 amide bonds. The summed E-state index contributed by atoms with van der Waals surface area (Å²) in [6, 6.07) is 15.2. The molecule has 3 aromatic carbocycles. The van der Waals surface area contributed by atoms with E-state index in [1.165, 1.54) is 25.3 Å². The molecule has 2 heterocycles. The summed E-state index contributed by atoms with van der Waals surface area (Å²) in [6.45, 7) is 0. The van der Waals surface area contributed by atoms with Gasteiger partial charge in [-0.25, -0.2) is 14.2 Å². The number of fused-ring (bicyclic) bond motifs is 1. The quantitative estimate of drug-likeness (QED) is 0.136. The summed E-state index contributed by atoms with van der Waals surface area (Å²) in [5, 5.41) is 12.5. The van der Waals surface area contributed by atoms with Gasteiger partial charge in [0, 0.05) is 24.6 Å². The van der Waals surface area contributed by atoms with Crippen LogP contribution in [0.25, 0.3) is 11.0 Å². The normalized spacial score (nSPS) is 12.1. The summed E-state index contributed by atoms with van der Waals surface area (Å²) < 4.78 is 71.1. The number of pyridine rings is 1. The van der Waals surface area contributed by atoms with Crippen LogP contribution in [-0.2, 0) is 10.9 Å². The van der Waals surface area contributed by atoms with Crippen LogP contribution in [-0.4, -0.2) is 28.3 Å². The van der Waals surface area contributed by atoms with E-state index in [0.29, 0.717) is 28.2 Å². The average molecular weight is 567 g/mol. The Morgan fingerprint density at radius 3 is 2.29 bits per heavy atom. The fraction of sp³-hybridized carbons (Fsp3) is 0.107. The zero-order chi connectivity index (χ0) is 29.0. The zero-order valence-electron chi connectivity index (χ0n) is 21.2. The van der Waals surface area contributed by atoms with Crippen molar-refractivity contribution in [1.82, 2.24) is 20.5 Å². The number of halogens is 4. The molecule has 210 valence electrons. The van der Waals surface area contributed by atoms with Crippen molar-refractivity contribution in [2.45, 2.75) is 12.4 Å². The summed E-state index contributed by atoms with van der Waals surface area (Å²) in [5.41, 5.74) is -0.108. The van der Waals surface area contributed by atoms with Crippen molar-refractivity contribution in [3.63, 3.8) is 0 Å². The summed E-state index contributed by atoms with van der Waals surface area (Å²) in [6.07, 6.45) is -2.84. The van der Waals surface area contributed by atoms with E-state index < -0.39 is 35.6 Å². The first kappa shape index (κ1) is 27.4. The Kier molecular flexibility index (Phi) is 7.70. The number of rotatable bonds is 8. The molecule has 5 aromatic rings. The zero-order valence-corrected chi connectivity index (χ0v) is 21.2. The predicted octanol–water partition coefficient (Wildman–Crippen LogP) is 7.17. The summed E-state index contributed by atoms with van der Waals surface area (Å²) in [4.78, 5) is 16.8. The van der Waals surface area contributed by atoms with Gasteiger partial charge in [-0.15, -0.1) is 0 Å². The van der Waals surface area contributed by atoms with Gasteiger partial charge in [0.25, 0.3) is 0 Å². The molecule has 2 aromatic heterocycles. The van der Waals surface area contributed by atoms with Crippen molar-refractivity contribution in [1.29, 1.82) is 0 Å². The van der Waals surface area contributed by atoms with Crippen LogP contribution in [0.3, 0.4) is 0 Å². The highest BCUT2D eigenvalue weighted by molar-refractivity contribution is 5.89. The maximum atomic E-state index is 13.8. The maximum absolute atomic E-state index is 13.8. The monoisotopic (exact) mass is 567 g/mol. The van der Waals surface area contributed by atoms with Crippen molar-refractivity contribution >= 4 is 22.8 Å². The van der Waals surface area contributed by atoms with Crippen LogP contribution in [0, 0.1) is 5.82 Å². The smallest absolute Gasteiger partial charge is 0.419 e. The molecule has 0 saturated heterocycles. The fourth-order valence-electron chi connectivity index (χ4n) is 3.87. The molecule has 0 bridgehead atoms. The molecule has 5 rings (SSSR count). The Balaban J connectivity index is 1.26. The Bertz CT molecular complexity index is 1660. The van der Waals surface area contributed by atoms with Crippen LogP contribution in [0.5, 0.6) is 23.0 Å². The van der Waals surface area contributed by atoms with E-state index >= 15 is 0 Å². The molecule has 3 N–H and O–H groups in total. The lowest BCUT2D eigenvalue weighted by Gasteiger charge is -2.21. The molecule has 0 aliphatic heterocycles. The minimum Gasteiger partial charge on any atom is -0.457 e. The predicted molar refractivity (Wildman–Crippen MR) is 140 cm³/mol. The van der Waals surface area contributed by atoms with E-state index in [0.717, 1.165) is 24.3 Å². The number of H-pyrrole nitrogens is 1. The number of carbonyl (C=O) groups excluding carboxylic acids is 1. The fourth-order valence-corrected chi connectivity index (χ4v) is 3.87. The third kappa shape index (κ3) is 6.53. The molecule has 41 heavy (non-hydrogen) atoms. The number of nitrogens with one attached hydrogen (secondary N) is 3. The van der Waals surface area contributed by atoms with Crippen molar-refractivity contribution in [2.75, 3.05) is 12.4 Å². The maximum Gasteiger partial charge on any atom is 0.419 e. The minimum atomic E-state index is -4.78. The molecule has 0 fully saturated rings. The SMILES string of the molecule is COC(NC(=O)Nc1ccc(Oc2ccnc3[nH]ncc23)cc1)c1ccc(Oc2ccc(F)cc2)c(C(F)(F)F)c1. The second kappa shape index (κ2) is 11.5. The first-order valence-electron chi connectivity index (χ1n) is 12.0. The number of hydrogen-bond donors (Lipinski definition) is 3. The van der Waals surface area contributed by atoms with Gasteiger partial charge in [0.1, 0.15) is 28.8 Å². The highest BCUT2D eigenvalue weighted by atomic mass is 19.4. The Morgan fingerprint density at radius 1 is 0.927 bits per heavy atom. The first-order valence-corrected chi connectivity index (χ1v) is 12.0. The molecule has 1 unspecified atom stereocenters. The van der Waals surface area contributed by atoms with E-state index in [1.54, 1.807) is 42.7 Å². The van der Waals surface area contributed by atoms with Crippen molar-refractivity contribution in [3.8, 4) is 23.0 Å². The number of alkyl halides is 3. The summed E-state index contributed by atoms with van der Waals surface area (Å²) >= 11 is 0. The van der Waals surface area contributed by atoms with E-state index in [4.69, 9.17) is 14.2 Å². The molecule has 0 radical (unpaired) electrons. The standard InChI is InChI=1S/C28H21F4N5O4/c1-39-26(16-2-11-24(22(14-16)28(30,31)32)41-19-7-3-17(29)4-8-19)36-27(38)35-18-5-9-20(10-6-18)40-23-12-13-33-25-21(23)15-34-37-25/h2-15,26H,1H3,(H,33,34,37)(H2,35,36,38). The molecule has 0 saturated carbocycles. The van der Waals surface area contributed by atoms with Crippen molar-refractivity contribution in [3.05, 3.63) is 102 Å². The van der Waals surface area contributed by atoms with Crippen LogP contribution in [0.15, 0.2) is 85.2 Å². The average Bonchev–Trinajstić information content (AvgIpc) is 3.44. The number of carbonyl (C=O) groups is 1. The number of amides is 2. The lowest BCUT2D eigenvalue weighted by Crippen LogP contribution is -2.33. The highest BCUT2D eigenvalue weighted by Crippen LogP contribution is 2.39. The lowest BCUT2D eigenvalue weighted by molar-refractivity contribution is -0.138. The summed E-state index contributed by atoms with van der Waals surface area (Å²) in [5.74, 6) is 0.00738. The molecule has 13 heteroatoms. The van der Waals surface area contributed by atoms with Gasteiger partial charge in [0.05, 0.1) is 17.1 Å². The second-order valence-corrected chi connectivity index (χ2v) is 8.59. The van der Waals surface area contributed by atoms with Crippen LogP contribution in [0.4, 0.5) is 28.0 Å². The third-order valence-corrected chi connectivity index (χ3v) is 5.81. The van der Waals surface area contributed by atoms with Crippen molar-refractivity contribution < 1.29 is 36.6 Å². The Morgan fingerprint density at radius 2 is 1.61 bits per heavy atom. The summed E-state index contributed by atoms with van der Waals surface area (Å²) in [7, 11) is 1.24. The van der Waals surface area contributed by atoms with E-state index in [2.05, 4.69) is 25.8 Å². The van der Waals surface area contributed by atoms with Crippen molar-refractivity contribution in [2.24, 2.45) is 0 Å². The third-order valence-electron chi connectivity index (χ3n) is 5.81. The molecular formula is C28H21F4N5O4. The number of hydrogen-bond acceptors (Lipinski definition) is 6. The van der Waals surface area contributed by atoms with Crippen LogP contribution >= 0.6 is 0 Å².